The average Bonchev–Trinajstić information content (AvgIpc) is 3.13. The van der Waals surface area contributed by atoms with Gasteiger partial charge in [0, 0.05) is 31.1 Å². The molecule has 5 rings (SSSR count). The van der Waals surface area contributed by atoms with E-state index < -0.39 is 5.82 Å². The van der Waals surface area contributed by atoms with Crippen LogP contribution in [-0.2, 0) is 19.4 Å². The molecule has 0 amide bonds. The highest BCUT2D eigenvalue weighted by Gasteiger charge is 2.23. The van der Waals surface area contributed by atoms with Gasteiger partial charge in [0.25, 0.3) is 5.56 Å². The van der Waals surface area contributed by atoms with Gasteiger partial charge in [0.05, 0.1) is 17.6 Å². The summed E-state index contributed by atoms with van der Waals surface area (Å²) in [6.07, 6.45) is 4.36. The Morgan fingerprint density at radius 2 is 2.00 bits per heavy atom. The zero-order valence-electron chi connectivity index (χ0n) is 16.6. The monoisotopic (exact) mass is 423 g/mol. The molecule has 3 heterocycles. The average molecular weight is 424 g/mol. The maximum Gasteiger partial charge on any atom is 0.259 e. The van der Waals surface area contributed by atoms with Crippen molar-refractivity contribution in [1.29, 1.82) is 5.26 Å². The van der Waals surface area contributed by atoms with E-state index in [0.717, 1.165) is 42.6 Å². The zero-order valence-corrected chi connectivity index (χ0v) is 17.4. The molecule has 154 valence electrons. The number of nitrogens with one attached hydrogen (secondary N) is 1. The number of benzene rings is 1. The highest BCUT2D eigenvalue weighted by molar-refractivity contribution is 7.18. The fourth-order valence-electron chi connectivity index (χ4n) is 4.53. The van der Waals surface area contributed by atoms with E-state index in [4.69, 9.17) is 4.98 Å². The maximum absolute atomic E-state index is 13.9. The van der Waals surface area contributed by atoms with E-state index in [1.807, 2.05) is 11.0 Å². The quantitative estimate of drug-likeness (QED) is 0.700. The lowest BCUT2D eigenvalue weighted by Crippen LogP contribution is -2.46. The van der Waals surface area contributed by atoms with Crippen molar-refractivity contribution in [3.63, 3.8) is 0 Å². The number of thiophene rings is 1. The number of anilines is 1. The molecule has 1 aliphatic carbocycles. The molecule has 1 saturated heterocycles. The molecule has 1 N–H and O–H groups in total. The Labute approximate surface area is 177 Å². The molecule has 3 aromatic rings. The summed E-state index contributed by atoms with van der Waals surface area (Å²) in [5.74, 6) is 0.217. The Bertz CT molecular complexity index is 1200. The first-order valence-corrected chi connectivity index (χ1v) is 11.1. The van der Waals surface area contributed by atoms with Crippen LogP contribution in [0.2, 0.25) is 0 Å². The van der Waals surface area contributed by atoms with Crippen LogP contribution in [0.1, 0.15) is 34.7 Å². The van der Waals surface area contributed by atoms with Crippen molar-refractivity contribution in [1.82, 2.24) is 14.9 Å². The van der Waals surface area contributed by atoms with Gasteiger partial charge in [-0.15, -0.1) is 11.3 Å². The molecule has 30 heavy (non-hydrogen) atoms. The summed E-state index contributed by atoms with van der Waals surface area (Å²) in [4.78, 5) is 27.0. The second-order valence-electron chi connectivity index (χ2n) is 7.91. The molecule has 2 aliphatic rings. The van der Waals surface area contributed by atoms with Gasteiger partial charge >= 0.3 is 0 Å². The van der Waals surface area contributed by atoms with Gasteiger partial charge < -0.3 is 9.88 Å². The lowest BCUT2D eigenvalue weighted by molar-refractivity contribution is 0.244. The Kier molecular flexibility index (Phi) is 5.01. The molecule has 0 saturated carbocycles. The minimum absolute atomic E-state index is 0.0218. The van der Waals surface area contributed by atoms with Crippen LogP contribution in [0.3, 0.4) is 0 Å². The summed E-state index contributed by atoms with van der Waals surface area (Å²) < 4.78 is 13.9. The largest absolute Gasteiger partial charge is 0.368 e. The van der Waals surface area contributed by atoms with Gasteiger partial charge in [0.15, 0.2) is 0 Å². The normalized spacial score (nSPS) is 17.1. The van der Waals surface area contributed by atoms with E-state index in [1.54, 1.807) is 23.5 Å². The van der Waals surface area contributed by atoms with Crippen LogP contribution in [0.5, 0.6) is 0 Å². The Morgan fingerprint density at radius 1 is 1.20 bits per heavy atom. The van der Waals surface area contributed by atoms with Gasteiger partial charge in [-0.3, -0.25) is 9.69 Å². The van der Waals surface area contributed by atoms with E-state index in [1.165, 1.54) is 22.9 Å². The molecule has 0 bridgehead atoms. The van der Waals surface area contributed by atoms with E-state index in [2.05, 4.69) is 9.88 Å². The second kappa shape index (κ2) is 7.82. The molecule has 6 nitrogen and oxygen atoms in total. The topological polar surface area (TPSA) is 76.0 Å². The van der Waals surface area contributed by atoms with Crippen molar-refractivity contribution in [2.75, 3.05) is 31.1 Å². The maximum atomic E-state index is 13.9. The molecule has 0 radical (unpaired) electrons. The van der Waals surface area contributed by atoms with Gasteiger partial charge in [0.2, 0.25) is 0 Å². The van der Waals surface area contributed by atoms with Crippen LogP contribution in [0.15, 0.2) is 23.0 Å². The third-order valence-corrected chi connectivity index (χ3v) is 7.25. The number of rotatable bonds is 3. The van der Waals surface area contributed by atoms with Crippen LogP contribution in [-0.4, -0.2) is 41.0 Å². The molecule has 1 aromatic carbocycles. The van der Waals surface area contributed by atoms with Gasteiger partial charge in [-0.25, -0.2) is 9.37 Å². The van der Waals surface area contributed by atoms with E-state index in [0.29, 0.717) is 31.1 Å². The van der Waals surface area contributed by atoms with Crippen molar-refractivity contribution in [3.8, 4) is 6.07 Å². The first kappa shape index (κ1) is 19.2. The molecular weight excluding hydrogens is 401 g/mol. The number of hydrogen-bond acceptors (Lipinski definition) is 6. The molecule has 8 heteroatoms. The van der Waals surface area contributed by atoms with Crippen molar-refractivity contribution in [2.45, 2.75) is 32.2 Å². The number of aromatic nitrogens is 2. The minimum atomic E-state index is -0.480. The predicted molar refractivity (Wildman–Crippen MR) is 115 cm³/mol. The standard InChI is InChI=1S/C22H22FN5OS/c23-16-5-3-6-17(15(16)12-24)28-10-8-27(9-11-28)13-19-25-21(29)20-14-4-1-2-7-18(14)30-22(20)26-19/h3,5-6H,1-2,4,7-11,13H2,(H,25,26,29). The summed E-state index contributed by atoms with van der Waals surface area (Å²) in [7, 11) is 0. The second-order valence-corrected chi connectivity index (χ2v) is 9.00. The van der Waals surface area contributed by atoms with Gasteiger partial charge in [0.1, 0.15) is 28.1 Å². The molecule has 1 fully saturated rings. The summed E-state index contributed by atoms with van der Waals surface area (Å²) in [6, 6.07) is 6.73. The third kappa shape index (κ3) is 3.38. The van der Waals surface area contributed by atoms with Crippen LogP contribution >= 0.6 is 11.3 Å². The van der Waals surface area contributed by atoms with Gasteiger partial charge in [-0.2, -0.15) is 5.26 Å². The van der Waals surface area contributed by atoms with Gasteiger partial charge in [-0.05, 0) is 43.4 Å². The smallest absolute Gasteiger partial charge is 0.259 e. The van der Waals surface area contributed by atoms with Crippen molar-refractivity contribution in [2.24, 2.45) is 0 Å². The minimum Gasteiger partial charge on any atom is -0.368 e. The fourth-order valence-corrected chi connectivity index (χ4v) is 5.81. The lowest BCUT2D eigenvalue weighted by atomic mass is 9.97. The number of nitriles is 1. The van der Waals surface area contributed by atoms with E-state index >= 15 is 0 Å². The van der Waals surface area contributed by atoms with Crippen LogP contribution < -0.4 is 10.5 Å². The zero-order chi connectivity index (χ0) is 20.7. The number of aromatic amines is 1. The van der Waals surface area contributed by atoms with Crippen molar-refractivity contribution in [3.05, 3.63) is 56.2 Å². The van der Waals surface area contributed by atoms with E-state index in [-0.39, 0.29) is 11.1 Å². The predicted octanol–water partition coefficient (Wildman–Crippen LogP) is 3.20. The molecule has 0 spiro atoms. The molecular formula is C22H22FN5OS. The van der Waals surface area contributed by atoms with Crippen LogP contribution in [0.25, 0.3) is 10.2 Å². The lowest BCUT2D eigenvalue weighted by Gasteiger charge is -2.36. The summed E-state index contributed by atoms with van der Waals surface area (Å²) in [5.41, 5.74) is 1.93. The van der Waals surface area contributed by atoms with Crippen molar-refractivity contribution >= 4 is 27.2 Å². The number of piperazine rings is 1. The van der Waals surface area contributed by atoms with E-state index in [9.17, 15) is 14.4 Å². The Morgan fingerprint density at radius 3 is 2.80 bits per heavy atom. The number of halogens is 1. The third-order valence-electron chi connectivity index (χ3n) is 6.06. The first-order valence-electron chi connectivity index (χ1n) is 10.3. The number of fused-ring (bicyclic) bond motifs is 3. The number of nitrogens with zero attached hydrogens (tertiary/aromatic N) is 4. The Balaban J connectivity index is 1.31. The molecule has 2 aromatic heterocycles. The van der Waals surface area contributed by atoms with Crippen LogP contribution in [0.4, 0.5) is 10.1 Å². The summed E-state index contributed by atoms with van der Waals surface area (Å²) in [6.45, 7) is 3.47. The Hall–Kier alpha value is -2.76. The number of hydrogen-bond donors (Lipinski definition) is 1. The first-order chi connectivity index (χ1) is 14.6. The number of aryl methyl sites for hydroxylation is 2. The molecule has 0 unspecified atom stereocenters. The molecule has 0 atom stereocenters. The summed E-state index contributed by atoms with van der Waals surface area (Å²) >= 11 is 1.67. The molecule has 1 aliphatic heterocycles. The fraction of sp³-hybridized carbons (Fsp3) is 0.409. The summed E-state index contributed by atoms with van der Waals surface area (Å²) in [5, 5.41) is 10.1. The number of H-pyrrole nitrogens is 1. The van der Waals surface area contributed by atoms with Gasteiger partial charge in [-0.1, -0.05) is 6.07 Å². The van der Waals surface area contributed by atoms with Crippen LogP contribution in [0, 0.1) is 17.1 Å². The SMILES string of the molecule is N#Cc1c(F)cccc1N1CCN(Cc2nc3sc4c(c3c(=O)[nH]2)CCCC4)CC1. The van der Waals surface area contributed by atoms with Crippen molar-refractivity contribution < 1.29 is 4.39 Å². The highest BCUT2D eigenvalue weighted by atomic mass is 32.1. The highest BCUT2D eigenvalue weighted by Crippen LogP contribution is 2.33.